The number of hydrogen-bond acceptors (Lipinski definition) is 2. The number of pyridine rings is 1. The average molecular weight is 303 g/mol. The normalized spacial score (nSPS) is 20.6. The number of hydrogen-bond donors (Lipinski definition) is 1. The Morgan fingerprint density at radius 1 is 1.38 bits per heavy atom. The van der Waals surface area contributed by atoms with Gasteiger partial charge in [0.25, 0.3) is 5.91 Å². The van der Waals surface area contributed by atoms with E-state index in [4.69, 9.17) is 11.6 Å². The van der Waals surface area contributed by atoms with Gasteiger partial charge < -0.3 is 5.32 Å². The van der Waals surface area contributed by atoms with Crippen molar-refractivity contribution in [1.82, 2.24) is 10.3 Å². The molecule has 1 amide bonds. The minimum absolute atomic E-state index is 0.136. The highest BCUT2D eigenvalue weighted by Gasteiger charge is 2.35. The van der Waals surface area contributed by atoms with Crippen molar-refractivity contribution in [2.75, 3.05) is 0 Å². The molecule has 1 aromatic heterocycles. The fraction of sp³-hybridized carbons (Fsp3) is 0.412. The van der Waals surface area contributed by atoms with Crippen molar-refractivity contribution in [3.8, 4) is 0 Å². The zero-order valence-corrected chi connectivity index (χ0v) is 13.1. The highest BCUT2D eigenvalue weighted by atomic mass is 35.5. The van der Waals surface area contributed by atoms with Gasteiger partial charge in [0, 0.05) is 11.4 Å². The van der Waals surface area contributed by atoms with Gasteiger partial charge in [-0.2, -0.15) is 0 Å². The summed E-state index contributed by atoms with van der Waals surface area (Å²) in [6, 6.07) is 9.71. The summed E-state index contributed by atoms with van der Waals surface area (Å²) in [6.45, 7) is 4.40. The Morgan fingerprint density at radius 3 is 2.86 bits per heavy atom. The molecule has 1 heterocycles. The summed E-state index contributed by atoms with van der Waals surface area (Å²) in [4.78, 5) is 16.7. The quantitative estimate of drug-likeness (QED) is 0.845. The largest absolute Gasteiger partial charge is 0.347 e. The lowest BCUT2D eigenvalue weighted by Gasteiger charge is -2.27. The summed E-state index contributed by atoms with van der Waals surface area (Å²) in [6.07, 6.45) is 3.33. The Labute approximate surface area is 129 Å². The van der Waals surface area contributed by atoms with Gasteiger partial charge in [0.2, 0.25) is 0 Å². The molecular formula is C17H19ClN2O. The standard InChI is InChI=1S/C17H19ClN2O/c1-17(2)9-5-8-14(17)20-16(21)13-10-11-6-3-4-7-12(11)15(18)19-13/h3-4,6-7,10,14H,5,8-9H2,1-2H3,(H,20,21). The molecule has 0 saturated heterocycles. The molecule has 1 atom stereocenters. The first kappa shape index (κ1) is 14.3. The number of halogens is 1. The molecule has 3 rings (SSSR count). The van der Waals surface area contributed by atoms with E-state index in [1.807, 2.05) is 24.3 Å². The van der Waals surface area contributed by atoms with Crippen LogP contribution in [0.3, 0.4) is 0 Å². The monoisotopic (exact) mass is 302 g/mol. The number of carbonyl (C=O) groups is 1. The lowest BCUT2D eigenvalue weighted by molar-refractivity contribution is 0.0905. The molecule has 3 nitrogen and oxygen atoms in total. The van der Waals surface area contributed by atoms with Crippen molar-refractivity contribution in [2.45, 2.75) is 39.2 Å². The first-order valence-corrected chi connectivity index (χ1v) is 7.71. The third kappa shape index (κ3) is 2.75. The van der Waals surface area contributed by atoms with E-state index in [0.717, 1.165) is 30.0 Å². The molecule has 1 fully saturated rings. The summed E-state index contributed by atoms with van der Waals surface area (Å²) in [5, 5.41) is 5.31. The number of nitrogens with zero attached hydrogens (tertiary/aromatic N) is 1. The van der Waals surface area contributed by atoms with E-state index in [2.05, 4.69) is 24.1 Å². The van der Waals surface area contributed by atoms with Crippen molar-refractivity contribution >= 4 is 28.3 Å². The van der Waals surface area contributed by atoms with Gasteiger partial charge in [-0.05, 0) is 29.7 Å². The van der Waals surface area contributed by atoms with Gasteiger partial charge in [0.1, 0.15) is 10.8 Å². The lowest BCUT2D eigenvalue weighted by Crippen LogP contribution is -2.41. The minimum atomic E-state index is -0.136. The van der Waals surface area contributed by atoms with Crippen molar-refractivity contribution in [3.63, 3.8) is 0 Å². The zero-order chi connectivity index (χ0) is 15.0. The van der Waals surface area contributed by atoms with E-state index >= 15 is 0 Å². The molecule has 21 heavy (non-hydrogen) atoms. The molecular weight excluding hydrogens is 284 g/mol. The van der Waals surface area contributed by atoms with E-state index in [1.54, 1.807) is 6.07 Å². The van der Waals surface area contributed by atoms with Gasteiger partial charge >= 0.3 is 0 Å². The molecule has 0 spiro atoms. The number of nitrogens with one attached hydrogen (secondary N) is 1. The van der Waals surface area contributed by atoms with Gasteiger partial charge in [-0.1, -0.05) is 56.1 Å². The summed E-state index contributed by atoms with van der Waals surface area (Å²) < 4.78 is 0. The van der Waals surface area contributed by atoms with Crippen LogP contribution in [0.15, 0.2) is 30.3 Å². The number of rotatable bonds is 2. The molecule has 1 aliphatic rings. The van der Waals surface area contributed by atoms with Crippen LogP contribution >= 0.6 is 11.6 Å². The van der Waals surface area contributed by atoms with Crippen molar-refractivity contribution in [1.29, 1.82) is 0 Å². The van der Waals surface area contributed by atoms with Crippen molar-refractivity contribution in [3.05, 3.63) is 41.2 Å². The minimum Gasteiger partial charge on any atom is -0.347 e. The average Bonchev–Trinajstić information content (AvgIpc) is 2.78. The topological polar surface area (TPSA) is 42.0 Å². The summed E-state index contributed by atoms with van der Waals surface area (Å²) in [5.41, 5.74) is 0.539. The van der Waals surface area contributed by atoms with Crippen molar-refractivity contribution < 1.29 is 4.79 Å². The van der Waals surface area contributed by atoms with Gasteiger partial charge in [-0.25, -0.2) is 4.98 Å². The summed E-state index contributed by atoms with van der Waals surface area (Å²) >= 11 is 6.19. The van der Waals surface area contributed by atoms with Crippen LogP contribution in [0, 0.1) is 5.41 Å². The second-order valence-corrected chi connectivity index (χ2v) is 6.78. The first-order valence-electron chi connectivity index (χ1n) is 7.33. The lowest BCUT2D eigenvalue weighted by atomic mass is 9.87. The summed E-state index contributed by atoms with van der Waals surface area (Å²) in [5.74, 6) is -0.136. The van der Waals surface area contributed by atoms with Gasteiger partial charge in [-0.3, -0.25) is 4.79 Å². The van der Waals surface area contributed by atoms with Gasteiger partial charge in [-0.15, -0.1) is 0 Å². The fourth-order valence-electron chi connectivity index (χ4n) is 3.10. The second-order valence-electron chi connectivity index (χ2n) is 6.43. The molecule has 1 N–H and O–H groups in total. The first-order chi connectivity index (χ1) is 9.97. The smallest absolute Gasteiger partial charge is 0.270 e. The number of carbonyl (C=O) groups excluding carboxylic acids is 1. The number of fused-ring (bicyclic) bond motifs is 1. The SMILES string of the molecule is CC1(C)CCCC1NC(=O)c1cc2ccccc2c(Cl)n1. The van der Waals surface area contributed by atoms with E-state index in [9.17, 15) is 4.79 Å². The second kappa shape index (κ2) is 5.30. The van der Waals surface area contributed by atoms with Crippen LogP contribution in [-0.2, 0) is 0 Å². The maximum absolute atomic E-state index is 12.5. The Hall–Kier alpha value is -1.61. The van der Waals surface area contributed by atoms with Crippen LogP contribution < -0.4 is 5.32 Å². The number of aromatic nitrogens is 1. The predicted molar refractivity (Wildman–Crippen MR) is 85.6 cm³/mol. The van der Waals surface area contributed by atoms with Gasteiger partial charge in [0.05, 0.1) is 0 Å². The molecule has 4 heteroatoms. The maximum atomic E-state index is 12.5. The van der Waals surface area contributed by atoms with E-state index in [-0.39, 0.29) is 17.4 Å². The van der Waals surface area contributed by atoms with Crippen LogP contribution in [0.5, 0.6) is 0 Å². The molecule has 0 radical (unpaired) electrons. The number of benzene rings is 1. The molecule has 0 bridgehead atoms. The zero-order valence-electron chi connectivity index (χ0n) is 12.3. The maximum Gasteiger partial charge on any atom is 0.270 e. The molecule has 1 saturated carbocycles. The highest BCUT2D eigenvalue weighted by molar-refractivity contribution is 6.34. The Morgan fingerprint density at radius 2 is 2.14 bits per heavy atom. The highest BCUT2D eigenvalue weighted by Crippen LogP contribution is 2.37. The Bertz CT molecular complexity index is 696. The Kier molecular flexibility index (Phi) is 3.62. The van der Waals surface area contributed by atoms with Crippen LogP contribution in [-0.4, -0.2) is 16.9 Å². The molecule has 1 aliphatic carbocycles. The molecule has 1 unspecified atom stereocenters. The van der Waals surface area contributed by atoms with E-state index < -0.39 is 0 Å². The molecule has 1 aromatic carbocycles. The van der Waals surface area contributed by atoms with E-state index in [1.165, 1.54) is 0 Å². The van der Waals surface area contributed by atoms with Crippen LogP contribution in [0.1, 0.15) is 43.6 Å². The molecule has 0 aliphatic heterocycles. The van der Waals surface area contributed by atoms with Crippen molar-refractivity contribution in [2.24, 2.45) is 5.41 Å². The molecule has 2 aromatic rings. The van der Waals surface area contributed by atoms with Gasteiger partial charge in [0.15, 0.2) is 0 Å². The van der Waals surface area contributed by atoms with E-state index in [0.29, 0.717) is 10.8 Å². The van der Waals surface area contributed by atoms with Crippen LogP contribution in [0.25, 0.3) is 10.8 Å². The van der Waals surface area contributed by atoms with Crippen LogP contribution in [0.4, 0.5) is 0 Å². The Balaban J connectivity index is 1.88. The summed E-state index contributed by atoms with van der Waals surface area (Å²) in [7, 11) is 0. The molecule has 110 valence electrons. The fourth-order valence-corrected chi connectivity index (χ4v) is 3.36. The predicted octanol–water partition coefficient (Wildman–Crippen LogP) is 4.20. The third-order valence-electron chi connectivity index (χ3n) is 4.49. The van der Waals surface area contributed by atoms with Crippen LogP contribution in [0.2, 0.25) is 5.15 Å². The number of amides is 1. The third-order valence-corrected chi connectivity index (χ3v) is 4.78.